The van der Waals surface area contributed by atoms with Crippen LogP contribution in [-0.2, 0) is 5.75 Å². The van der Waals surface area contributed by atoms with E-state index in [0.29, 0.717) is 16.3 Å². The molecule has 1 heterocycles. The lowest BCUT2D eigenvalue weighted by atomic mass is 10.2. The van der Waals surface area contributed by atoms with Crippen molar-refractivity contribution in [1.82, 2.24) is 0 Å². The smallest absolute Gasteiger partial charge is 0.345 e. The van der Waals surface area contributed by atoms with E-state index >= 15 is 0 Å². The Bertz CT molecular complexity index is 671. The van der Waals surface area contributed by atoms with E-state index in [2.05, 4.69) is 0 Å². The average molecular weight is 330 g/mol. The molecule has 0 aliphatic heterocycles. The molecule has 0 bridgehead atoms. The van der Waals surface area contributed by atoms with Gasteiger partial charge in [0.1, 0.15) is 4.88 Å². The minimum absolute atomic E-state index is 0.0290. The van der Waals surface area contributed by atoms with Crippen LogP contribution in [0.1, 0.15) is 15.2 Å². The Hall–Kier alpha value is -1.57. The maximum atomic E-state index is 10.9. The molecule has 0 spiro atoms. The molecule has 2 aromatic rings. The van der Waals surface area contributed by atoms with E-state index in [1.165, 1.54) is 17.8 Å². The zero-order chi connectivity index (χ0) is 14.7. The summed E-state index contributed by atoms with van der Waals surface area (Å²) in [7, 11) is 0. The number of carboxylic acid groups (broad SMARTS) is 1. The summed E-state index contributed by atoms with van der Waals surface area (Å²) in [6.07, 6.45) is 0. The van der Waals surface area contributed by atoms with Crippen molar-refractivity contribution < 1.29 is 14.8 Å². The summed E-state index contributed by atoms with van der Waals surface area (Å²) in [5.41, 5.74) is 0.520. The Morgan fingerprint density at radius 1 is 1.45 bits per heavy atom. The first-order valence-corrected chi connectivity index (χ1v) is 7.59. The molecule has 0 radical (unpaired) electrons. The van der Waals surface area contributed by atoms with Gasteiger partial charge in [-0.25, -0.2) is 4.79 Å². The SMILES string of the molecule is O=C(O)c1cc(SCc2ccc(Cl)cc2[N+](=O)[O-])cs1. The topological polar surface area (TPSA) is 80.4 Å². The van der Waals surface area contributed by atoms with Gasteiger partial charge in [0.2, 0.25) is 0 Å². The largest absolute Gasteiger partial charge is 0.477 e. The summed E-state index contributed by atoms with van der Waals surface area (Å²) in [6.45, 7) is 0. The Morgan fingerprint density at radius 3 is 2.80 bits per heavy atom. The van der Waals surface area contributed by atoms with Crippen LogP contribution in [0.5, 0.6) is 0 Å². The maximum absolute atomic E-state index is 10.9. The first-order valence-electron chi connectivity index (χ1n) is 5.35. The number of benzene rings is 1. The fourth-order valence-electron chi connectivity index (χ4n) is 1.50. The van der Waals surface area contributed by atoms with Crippen molar-refractivity contribution in [2.24, 2.45) is 0 Å². The molecule has 2 rings (SSSR count). The minimum atomic E-state index is -0.973. The van der Waals surface area contributed by atoms with Gasteiger partial charge in [0.15, 0.2) is 0 Å². The first kappa shape index (κ1) is 14.8. The van der Waals surface area contributed by atoms with Gasteiger partial charge < -0.3 is 5.11 Å². The van der Waals surface area contributed by atoms with Gasteiger partial charge in [0, 0.05) is 32.7 Å². The fourth-order valence-corrected chi connectivity index (χ4v) is 3.53. The van der Waals surface area contributed by atoms with E-state index in [9.17, 15) is 14.9 Å². The number of thioether (sulfide) groups is 1. The monoisotopic (exact) mass is 329 g/mol. The van der Waals surface area contributed by atoms with E-state index in [0.717, 1.165) is 16.2 Å². The summed E-state index contributed by atoms with van der Waals surface area (Å²) in [4.78, 5) is 22.3. The zero-order valence-electron chi connectivity index (χ0n) is 9.91. The molecule has 0 aliphatic rings. The standard InChI is InChI=1S/C12H8ClNO4S2/c13-8-2-1-7(10(3-8)14(17)18)5-19-9-4-11(12(15)16)20-6-9/h1-4,6H,5H2,(H,15,16). The van der Waals surface area contributed by atoms with Crippen molar-refractivity contribution in [2.75, 3.05) is 0 Å². The summed E-state index contributed by atoms with van der Waals surface area (Å²) in [6, 6.07) is 6.08. The summed E-state index contributed by atoms with van der Waals surface area (Å²) < 4.78 is 0. The van der Waals surface area contributed by atoms with Gasteiger partial charge in [-0.05, 0) is 18.2 Å². The number of thiophene rings is 1. The molecule has 1 aromatic carbocycles. The molecule has 0 aliphatic carbocycles. The van der Waals surface area contributed by atoms with Gasteiger partial charge in [-0.2, -0.15) is 0 Å². The quantitative estimate of drug-likeness (QED) is 0.502. The van der Waals surface area contributed by atoms with Gasteiger partial charge in [0.25, 0.3) is 5.69 Å². The van der Waals surface area contributed by atoms with Crippen molar-refractivity contribution in [3.8, 4) is 0 Å². The molecule has 0 saturated heterocycles. The minimum Gasteiger partial charge on any atom is -0.477 e. The number of nitro benzene ring substituents is 1. The zero-order valence-corrected chi connectivity index (χ0v) is 12.3. The van der Waals surface area contributed by atoms with Crippen molar-refractivity contribution >= 4 is 46.4 Å². The van der Waals surface area contributed by atoms with Crippen LogP contribution in [0.4, 0.5) is 5.69 Å². The number of rotatable bonds is 5. The Morgan fingerprint density at radius 2 is 2.20 bits per heavy atom. The lowest BCUT2D eigenvalue weighted by Gasteiger charge is -2.02. The maximum Gasteiger partial charge on any atom is 0.345 e. The average Bonchev–Trinajstić information content (AvgIpc) is 2.86. The summed E-state index contributed by atoms with van der Waals surface area (Å²) in [5, 5.41) is 21.8. The summed E-state index contributed by atoms with van der Waals surface area (Å²) >= 11 is 8.22. The highest BCUT2D eigenvalue weighted by atomic mass is 35.5. The molecule has 20 heavy (non-hydrogen) atoms. The highest BCUT2D eigenvalue weighted by molar-refractivity contribution is 7.98. The predicted molar refractivity (Wildman–Crippen MR) is 78.9 cm³/mol. The molecule has 1 aromatic heterocycles. The van der Waals surface area contributed by atoms with Crippen LogP contribution in [0.2, 0.25) is 5.02 Å². The highest BCUT2D eigenvalue weighted by Crippen LogP contribution is 2.32. The van der Waals surface area contributed by atoms with Crippen LogP contribution in [-0.4, -0.2) is 16.0 Å². The Labute approximate surface area is 127 Å². The summed E-state index contributed by atoms with van der Waals surface area (Å²) in [5.74, 6) is -0.595. The molecule has 0 unspecified atom stereocenters. The normalized spacial score (nSPS) is 10.4. The number of halogens is 1. The van der Waals surface area contributed by atoms with E-state index in [1.807, 2.05) is 0 Å². The van der Waals surface area contributed by atoms with Crippen LogP contribution in [0.25, 0.3) is 0 Å². The van der Waals surface area contributed by atoms with Gasteiger partial charge in [-0.3, -0.25) is 10.1 Å². The number of carbonyl (C=O) groups is 1. The lowest BCUT2D eigenvalue weighted by Crippen LogP contribution is -1.94. The number of carboxylic acids is 1. The second kappa shape index (κ2) is 6.25. The van der Waals surface area contributed by atoms with E-state index in [-0.39, 0.29) is 10.6 Å². The van der Waals surface area contributed by atoms with E-state index < -0.39 is 10.9 Å². The van der Waals surface area contributed by atoms with Crippen molar-refractivity contribution in [1.29, 1.82) is 0 Å². The Kier molecular flexibility index (Phi) is 4.64. The van der Waals surface area contributed by atoms with Crippen molar-refractivity contribution in [3.63, 3.8) is 0 Å². The second-order valence-electron chi connectivity index (χ2n) is 3.77. The molecule has 0 atom stereocenters. The van der Waals surface area contributed by atoms with E-state index in [4.69, 9.17) is 16.7 Å². The molecule has 5 nitrogen and oxygen atoms in total. The number of hydrogen-bond acceptors (Lipinski definition) is 5. The third kappa shape index (κ3) is 3.50. The molecule has 0 saturated carbocycles. The molecule has 8 heteroatoms. The van der Waals surface area contributed by atoms with Gasteiger partial charge in [0.05, 0.1) is 4.92 Å². The third-order valence-electron chi connectivity index (χ3n) is 2.42. The van der Waals surface area contributed by atoms with E-state index in [1.54, 1.807) is 23.6 Å². The second-order valence-corrected chi connectivity index (χ2v) is 6.17. The van der Waals surface area contributed by atoms with Crippen molar-refractivity contribution in [3.05, 3.63) is 55.2 Å². The number of hydrogen-bond donors (Lipinski definition) is 1. The predicted octanol–water partition coefficient (Wildman–Crippen LogP) is 4.30. The van der Waals surface area contributed by atoms with Gasteiger partial charge >= 0.3 is 5.97 Å². The number of aromatic carboxylic acids is 1. The van der Waals surface area contributed by atoms with Crippen LogP contribution in [0, 0.1) is 10.1 Å². The number of nitrogens with zero attached hydrogens (tertiary/aromatic N) is 1. The Balaban J connectivity index is 2.14. The lowest BCUT2D eigenvalue weighted by molar-refractivity contribution is -0.385. The van der Waals surface area contributed by atoms with Crippen LogP contribution in [0.3, 0.4) is 0 Å². The van der Waals surface area contributed by atoms with Crippen LogP contribution < -0.4 is 0 Å². The first-order chi connectivity index (χ1) is 9.47. The van der Waals surface area contributed by atoms with Gasteiger partial charge in [-0.1, -0.05) is 11.6 Å². The fraction of sp³-hybridized carbons (Fsp3) is 0.0833. The van der Waals surface area contributed by atoms with Gasteiger partial charge in [-0.15, -0.1) is 23.1 Å². The molecule has 104 valence electrons. The van der Waals surface area contributed by atoms with Crippen LogP contribution >= 0.6 is 34.7 Å². The molecular formula is C12H8ClNO4S2. The molecule has 0 amide bonds. The molecule has 1 N–H and O–H groups in total. The highest BCUT2D eigenvalue weighted by Gasteiger charge is 2.15. The van der Waals surface area contributed by atoms with Crippen LogP contribution in [0.15, 0.2) is 34.5 Å². The third-order valence-corrected chi connectivity index (χ3v) is 4.75. The van der Waals surface area contributed by atoms with Crippen molar-refractivity contribution in [2.45, 2.75) is 10.6 Å². The molecular weight excluding hydrogens is 322 g/mol. The number of nitro groups is 1. The molecule has 0 fully saturated rings.